The second-order valence-corrected chi connectivity index (χ2v) is 5.75. The van der Waals surface area contributed by atoms with Crippen molar-refractivity contribution in [3.63, 3.8) is 0 Å². The molecule has 0 aliphatic rings. The summed E-state index contributed by atoms with van der Waals surface area (Å²) in [6, 6.07) is 3.60. The molecule has 0 aliphatic heterocycles. The van der Waals surface area contributed by atoms with Crippen molar-refractivity contribution in [2.75, 3.05) is 11.9 Å². The first-order valence-electron chi connectivity index (χ1n) is 8.52. The number of amides is 1. The average molecular weight is 336 g/mol. The third kappa shape index (κ3) is 7.85. The van der Waals surface area contributed by atoms with Gasteiger partial charge in [0, 0.05) is 5.69 Å². The van der Waals surface area contributed by atoms with E-state index >= 15 is 0 Å². The zero-order valence-electron chi connectivity index (χ0n) is 14.2. The van der Waals surface area contributed by atoms with Gasteiger partial charge in [0.15, 0.2) is 0 Å². The standard InChI is InChI=1S/C18H27NO5/c1-2-3-4-5-6-7-8-9-12-24-18(23)19-14-10-11-15(17(21)22)16(20)13-14/h10-11,13,20H,2-9,12H2,1H3,(H,19,23)(H,21,22)/p-1. The fourth-order valence-electron chi connectivity index (χ4n) is 2.33. The molecule has 0 unspecified atom stereocenters. The van der Waals surface area contributed by atoms with Gasteiger partial charge in [0.2, 0.25) is 0 Å². The van der Waals surface area contributed by atoms with Crippen LogP contribution in [0.25, 0.3) is 0 Å². The second-order valence-electron chi connectivity index (χ2n) is 5.75. The summed E-state index contributed by atoms with van der Waals surface area (Å²) >= 11 is 0. The van der Waals surface area contributed by atoms with Gasteiger partial charge in [0.25, 0.3) is 0 Å². The first kappa shape index (κ1) is 19.8. The zero-order chi connectivity index (χ0) is 17.8. The monoisotopic (exact) mass is 336 g/mol. The van der Waals surface area contributed by atoms with Crippen LogP contribution in [0.4, 0.5) is 10.5 Å². The summed E-state index contributed by atoms with van der Waals surface area (Å²) in [6.45, 7) is 2.53. The van der Waals surface area contributed by atoms with Crippen molar-refractivity contribution in [1.29, 1.82) is 0 Å². The van der Waals surface area contributed by atoms with Crippen LogP contribution in [0, 0.1) is 0 Å². The highest BCUT2D eigenvalue weighted by molar-refractivity contribution is 5.92. The number of unbranched alkanes of at least 4 members (excludes halogenated alkanes) is 7. The van der Waals surface area contributed by atoms with Gasteiger partial charge in [0.05, 0.1) is 12.2 Å². The Hall–Kier alpha value is -2.24. The van der Waals surface area contributed by atoms with Gasteiger partial charge in [-0.3, -0.25) is 5.32 Å². The summed E-state index contributed by atoms with van der Waals surface area (Å²) in [5.74, 6) is -1.94. The van der Waals surface area contributed by atoms with Crippen molar-refractivity contribution in [2.45, 2.75) is 58.3 Å². The van der Waals surface area contributed by atoms with E-state index in [1.165, 1.54) is 44.2 Å². The van der Waals surface area contributed by atoms with Crippen LogP contribution in [0.2, 0.25) is 0 Å². The van der Waals surface area contributed by atoms with Gasteiger partial charge in [-0.25, -0.2) is 9.59 Å². The first-order valence-corrected chi connectivity index (χ1v) is 8.52. The maximum atomic E-state index is 11.6. The molecule has 1 amide bonds. The number of ether oxygens (including phenoxy) is 1. The van der Waals surface area contributed by atoms with E-state index in [4.69, 9.17) is 9.84 Å². The topological polar surface area (TPSA) is 98.7 Å². The molecule has 0 aromatic heterocycles. The Balaban J connectivity index is 2.16. The van der Waals surface area contributed by atoms with Crippen LogP contribution < -0.4 is 10.4 Å². The van der Waals surface area contributed by atoms with Crippen LogP contribution in [0.15, 0.2) is 18.2 Å². The largest absolute Gasteiger partial charge is 0.872 e. The molecule has 1 rings (SSSR count). The minimum Gasteiger partial charge on any atom is -0.872 e. The maximum Gasteiger partial charge on any atom is 0.411 e. The Labute approximate surface area is 142 Å². The summed E-state index contributed by atoms with van der Waals surface area (Å²) in [6.07, 6.45) is 8.65. The van der Waals surface area contributed by atoms with Crippen LogP contribution in [-0.2, 0) is 4.74 Å². The van der Waals surface area contributed by atoms with Gasteiger partial charge in [-0.05, 0) is 24.6 Å². The molecule has 134 valence electrons. The lowest BCUT2D eigenvalue weighted by molar-refractivity contribution is -0.268. The van der Waals surface area contributed by atoms with Crippen molar-refractivity contribution in [3.05, 3.63) is 23.8 Å². The summed E-state index contributed by atoms with van der Waals surface area (Å²) < 4.78 is 5.04. The van der Waals surface area contributed by atoms with Gasteiger partial charge in [-0.1, -0.05) is 57.6 Å². The van der Waals surface area contributed by atoms with Crippen LogP contribution in [-0.4, -0.2) is 23.8 Å². The molecule has 0 aliphatic carbocycles. The summed E-state index contributed by atoms with van der Waals surface area (Å²) in [4.78, 5) is 22.3. The highest BCUT2D eigenvalue weighted by Crippen LogP contribution is 2.19. The third-order valence-corrected chi connectivity index (χ3v) is 3.69. The lowest BCUT2D eigenvalue weighted by Crippen LogP contribution is -2.15. The Kier molecular flexibility index (Phi) is 9.34. The molecule has 0 saturated heterocycles. The molecule has 24 heavy (non-hydrogen) atoms. The number of hydrogen-bond donors (Lipinski definition) is 2. The molecule has 0 fully saturated rings. The Bertz CT molecular complexity index is 530. The number of benzene rings is 1. The predicted molar refractivity (Wildman–Crippen MR) is 90.4 cm³/mol. The van der Waals surface area contributed by atoms with Crippen molar-refractivity contribution >= 4 is 17.7 Å². The molecule has 6 nitrogen and oxygen atoms in total. The Morgan fingerprint density at radius 1 is 1.08 bits per heavy atom. The van der Waals surface area contributed by atoms with Gasteiger partial charge in [-0.2, -0.15) is 0 Å². The van der Waals surface area contributed by atoms with E-state index in [9.17, 15) is 14.7 Å². The molecule has 0 radical (unpaired) electrons. The minimum atomic E-state index is -1.29. The van der Waals surface area contributed by atoms with Crippen LogP contribution in [0.5, 0.6) is 5.75 Å². The summed E-state index contributed by atoms with van der Waals surface area (Å²) in [5, 5.41) is 22.7. The van der Waals surface area contributed by atoms with Crippen molar-refractivity contribution < 1.29 is 24.5 Å². The number of carboxylic acid groups (broad SMARTS) is 1. The van der Waals surface area contributed by atoms with Gasteiger partial charge in [-0.15, -0.1) is 0 Å². The molecular formula is C18H26NO5-. The lowest BCUT2D eigenvalue weighted by Gasteiger charge is -2.13. The van der Waals surface area contributed by atoms with E-state index in [-0.39, 0.29) is 11.3 Å². The molecular weight excluding hydrogens is 310 g/mol. The van der Waals surface area contributed by atoms with Crippen LogP contribution in [0.1, 0.15) is 68.6 Å². The van der Waals surface area contributed by atoms with Crippen LogP contribution >= 0.6 is 0 Å². The average Bonchev–Trinajstić information content (AvgIpc) is 2.53. The van der Waals surface area contributed by atoms with Gasteiger partial charge in [0.1, 0.15) is 0 Å². The fourth-order valence-corrected chi connectivity index (χ4v) is 2.33. The SMILES string of the molecule is CCCCCCCCCCOC(=O)Nc1ccc(C(=O)O)c([O-])c1. The first-order chi connectivity index (χ1) is 11.5. The number of nitrogens with one attached hydrogen (secondary N) is 1. The fraction of sp³-hybridized carbons (Fsp3) is 0.556. The van der Waals surface area contributed by atoms with Crippen LogP contribution in [0.3, 0.4) is 0 Å². The number of aromatic carboxylic acids is 1. The molecule has 6 heteroatoms. The normalized spacial score (nSPS) is 10.4. The third-order valence-electron chi connectivity index (χ3n) is 3.69. The smallest absolute Gasteiger partial charge is 0.411 e. The van der Waals surface area contributed by atoms with Gasteiger partial charge < -0.3 is 14.9 Å². The Morgan fingerprint density at radius 2 is 1.71 bits per heavy atom. The zero-order valence-corrected chi connectivity index (χ0v) is 14.2. The maximum absolute atomic E-state index is 11.6. The Morgan fingerprint density at radius 3 is 2.29 bits per heavy atom. The highest BCUT2D eigenvalue weighted by Gasteiger charge is 2.07. The molecule has 1 aromatic carbocycles. The number of carbonyl (C=O) groups is 2. The van der Waals surface area contributed by atoms with Crippen molar-refractivity contribution in [2.24, 2.45) is 0 Å². The number of carbonyl (C=O) groups excluding carboxylic acids is 1. The predicted octanol–water partition coefficient (Wildman–Crippen LogP) is 4.15. The van der Waals surface area contributed by atoms with E-state index < -0.39 is 17.8 Å². The number of hydrogen-bond acceptors (Lipinski definition) is 4. The molecule has 0 atom stereocenters. The second kappa shape index (κ2) is 11.3. The van der Waals surface area contributed by atoms with E-state index in [1.807, 2.05) is 0 Å². The molecule has 1 aromatic rings. The minimum absolute atomic E-state index is 0.228. The number of carboxylic acids is 1. The van der Waals surface area contributed by atoms with Crippen molar-refractivity contribution in [3.8, 4) is 5.75 Å². The number of rotatable bonds is 11. The molecule has 0 heterocycles. The lowest BCUT2D eigenvalue weighted by atomic mass is 10.1. The van der Waals surface area contributed by atoms with E-state index in [0.29, 0.717) is 6.61 Å². The molecule has 0 saturated carbocycles. The molecule has 2 N–H and O–H groups in total. The summed E-state index contributed by atoms with van der Waals surface area (Å²) in [7, 11) is 0. The molecule has 0 bridgehead atoms. The van der Waals surface area contributed by atoms with Crippen molar-refractivity contribution in [1.82, 2.24) is 0 Å². The highest BCUT2D eigenvalue weighted by atomic mass is 16.5. The quantitative estimate of drug-likeness (QED) is 0.591. The number of anilines is 1. The van der Waals surface area contributed by atoms with Gasteiger partial charge >= 0.3 is 12.1 Å². The van der Waals surface area contributed by atoms with E-state index in [1.54, 1.807) is 0 Å². The summed E-state index contributed by atoms with van der Waals surface area (Å²) in [5.41, 5.74) is -0.0984. The molecule has 0 spiro atoms. The van der Waals surface area contributed by atoms with E-state index in [0.717, 1.165) is 25.3 Å². The van der Waals surface area contributed by atoms with E-state index in [2.05, 4.69) is 12.2 Å².